The average molecular weight is 289 g/mol. The second kappa shape index (κ2) is 6.61. The lowest BCUT2D eigenvalue weighted by Gasteiger charge is -2.26. The van der Waals surface area contributed by atoms with E-state index in [1.807, 2.05) is 18.7 Å². The van der Waals surface area contributed by atoms with Crippen molar-refractivity contribution in [3.8, 4) is 0 Å². The Hall–Kier alpha value is -1.35. The first-order valence-corrected chi connectivity index (χ1v) is 7.92. The number of likely N-dealkylation sites (tertiary alicyclic amines) is 1. The number of aliphatic hydroxyl groups excluding tert-OH is 1. The maximum absolute atomic E-state index is 12.2. The molecule has 21 heavy (non-hydrogen) atoms. The molecule has 0 radical (unpaired) electrons. The Labute approximate surface area is 128 Å². The van der Waals surface area contributed by atoms with Crippen LogP contribution in [0.15, 0.2) is 12.1 Å². The summed E-state index contributed by atoms with van der Waals surface area (Å²) in [5.41, 5.74) is 4.40. The summed E-state index contributed by atoms with van der Waals surface area (Å²) in [7, 11) is 0. The number of hydrogen-bond acceptors (Lipinski definition) is 2. The number of aryl methyl sites for hydroxylation is 3. The average Bonchev–Trinajstić information content (AvgIpc) is 2.53. The van der Waals surface area contributed by atoms with Gasteiger partial charge in [0.2, 0.25) is 5.91 Å². The molecule has 1 aliphatic rings. The van der Waals surface area contributed by atoms with Crippen LogP contribution in [0, 0.1) is 26.7 Å². The first kappa shape index (κ1) is 16.0. The highest BCUT2D eigenvalue weighted by Crippen LogP contribution is 2.26. The van der Waals surface area contributed by atoms with Crippen LogP contribution in [-0.4, -0.2) is 29.0 Å². The molecule has 0 aromatic heterocycles. The normalized spacial score (nSPS) is 21.3. The SMILES string of the molecule is Cc1cc(C)c(C(O)CN2CCC(C)CCC2=O)c(C)c1. The predicted molar refractivity (Wildman–Crippen MR) is 85.2 cm³/mol. The zero-order valence-electron chi connectivity index (χ0n) is 13.6. The van der Waals surface area contributed by atoms with Crippen LogP contribution in [0.2, 0.25) is 0 Å². The van der Waals surface area contributed by atoms with E-state index in [2.05, 4.69) is 26.0 Å². The molecule has 0 aliphatic carbocycles. The van der Waals surface area contributed by atoms with E-state index in [9.17, 15) is 9.90 Å². The standard InChI is InChI=1S/C18H27NO2/c1-12-5-6-17(21)19(8-7-12)11-16(20)18-14(3)9-13(2)10-15(18)4/h9-10,12,16,20H,5-8,11H2,1-4H3. The van der Waals surface area contributed by atoms with E-state index in [-0.39, 0.29) is 5.91 Å². The number of benzene rings is 1. The van der Waals surface area contributed by atoms with Crippen molar-refractivity contribution in [1.29, 1.82) is 0 Å². The zero-order valence-corrected chi connectivity index (χ0v) is 13.6. The van der Waals surface area contributed by atoms with E-state index in [1.165, 1.54) is 5.56 Å². The number of β-amino-alcohol motifs (C(OH)–C–C–N with tert-alkyl or cyclic N) is 1. The maximum atomic E-state index is 12.2. The fourth-order valence-electron chi connectivity index (χ4n) is 3.38. The second-order valence-electron chi connectivity index (χ2n) is 6.60. The third-order valence-electron chi connectivity index (χ3n) is 4.56. The minimum absolute atomic E-state index is 0.181. The minimum atomic E-state index is -0.594. The Morgan fingerprint density at radius 1 is 1.24 bits per heavy atom. The van der Waals surface area contributed by atoms with Crippen molar-refractivity contribution in [2.24, 2.45) is 5.92 Å². The van der Waals surface area contributed by atoms with E-state index in [4.69, 9.17) is 0 Å². The van der Waals surface area contributed by atoms with Crippen LogP contribution >= 0.6 is 0 Å². The fourth-order valence-corrected chi connectivity index (χ4v) is 3.38. The number of carbonyl (C=O) groups excluding carboxylic acids is 1. The lowest BCUT2D eigenvalue weighted by Crippen LogP contribution is -2.34. The van der Waals surface area contributed by atoms with E-state index < -0.39 is 6.10 Å². The molecule has 2 rings (SSSR count). The van der Waals surface area contributed by atoms with Gasteiger partial charge in [-0.05, 0) is 56.2 Å². The monoisotopic (exact) mass is 289 g/mol. The van der Waals surface area contributed by atoms with E-state index in [0.29, 0.717) is 18.9 Å². The molecule has 1 heterocycles. The van der Waals surface area contributed by atoms with E-state index in [1.54, 1.807) is 0 Å². The Bertz CT molecular complexity index is 501. The Morgan fingerprint density at radius 2 is 1.86 bits per heavy atom. The summed E-state index contributed by atoms with van der Waals surface area (Å²) >= 11 is 0. The van der Waals surface area contributed by atoms with Gasteiger partial charge in [0.1, 0.15) is 0 Å². The van der Waals surface area contributed by atoms with E-state index >= 15 is 0 Å². The van der Waals surface area contributed by atoms with Crippen molar-refractivity contribution in [3.05, 3.63) is 34.4 Å². The van der Waals surface area contributed by atoms with Crippen LogP contribution in [0.25, 0.3) is 0 Å². The maximum Gasteiger partial charge on any atom is 0.222 e. The van der Waals surface area contributed by atoms with Gasteiger partial charge in [-0.2, -0.15) is 0 Å². The van der Waals surface area contributed by atoms with Gasteiger partial charge in [0.15, 0.2) is 0 Å². The lowest BCUT2D eigenvalue weighted by atomic mass is 9.95. The van der Waals surface area contributed by atoms with Crippen LogP contribution in [0.4, 0.5) is 0 Å². The van der Waals surface area contributed by atoms with Gasteiger partial charge in [-0.3, -0.25) is 4.79 Å². The van der Waals surface area contributed by atoms with Gasteiger partial charge in [0.25, 0.3) is 0 Å². The first-order valence-electron chi connectivity index (χ1n) is 7.92. The molecule has 2 atom stereocenters. The Kier molecular flexibility index (Phi) is 5.04. The number of carbonyl (C=O) groups is 1. The molecule has 0 spiro atoms. The van der Waals surface area contributed by atoms with Crippen molar-refractivity contribution >= 4 is 5.91 Å². The smallest absolute Gasteiger partial charge is 0.222 e. The molecule has 3 heteroatoms. The molecular formula is C18H27NO2. The van der Waals surface area contributed by atoms with E-state index in [0.717, 1.165) is 36.1 Å². The first-order chi connectivity index (χ1) is 9.88. The summed E-state index contributed by atoms with van der Waals surface area (Å²) < 4.78 is 0. The van der Waals surface area contributed by atoms with Gasteiger partial charge < -0.3 is 10.0 Å². The quantitative estimate of drug-likeness (QED) is 0.927. The molecule has 1 fully saturated rings. The molecule has 1 N–H and O–H groups in total. The Morgan fingerprint density at radius 3 is 2.48 bits per heavy atom. The van der Waals surface area contributed by atoms with Crippen molar-refractivity contribution in [2.75, 3.05) is 13.1 Å². The number of hydrogen-bond donors (Lipinski definition) is 1. The molecule has 1 aromatic carbocycles. The molecule has 1 aliphatic heterocycles. The van der Waals surface area contributed by atoms with Gasteiger partial charge in [-0.1, -0.05) is 24.6 Å². The molecule has 1 saturated heterocycles. The molecule has 116 valence electrons. The Balaban J connectivity index is 2.14. The molecule has 0 saturated carbocycles. The summed E-state index contributed by atoms with van der Waals surface area (Å²) in [6.45, 7) is 9.50. The van der Waals surface area contributed by atoms with Gasteiger partial charge >= 0.3 is 0 Å². The number of nitrogens with zero attached hydrogens (tertiary/aromatic N) is 1. The van der Waals surface area contributed by atoms with Gasteiger partial charge in [-0.15, -0.1) is 0 Å². The largest absolute Gasteiger partial charge is 0.387 e. The minimum Gasteiger partial charge on any atom is -0.387 e. The third-order valence-corrected chi connectivity index (χ3v) is 4.56. The van der Waals surface area contributed by atoms with Crippen molar-refractivity contribution in [1.82, 2.24) is 4.90 Å². The van der Waals surface area contributed by atoms with Crippen molar-refractivity contribution < 1.29 is 9.90 Å². The van der Waals surface area contributed by atoms with Crippen molar-refractivity contribution in [2.45, 2.75) is 53.1 Å². The molecule has 0 bridgehead atoms. The van der Waals surface area contributed by atoms with Crippen LogP contribution in [0.5, 0.6) is 0 Å². The summed E-state index contributed by atoms with van der Waals surface area (Å²) in [6.07, 6.45) is 2.01. The second-order valence-corrected chi connectivity index (χ2v) is 6.60. The summed E-state index contributed by atoms with van der Waals surface area (Å²) in [6, 6.07) is 4.19. The molecule has 2 unspecified atom stereocenters. The highest BCUT2D eigenvalue weighted by Gasteiger charge is 2.24. The molecule has 1 aromatic rings. The third kappa shape index (κ3) is 3.85. The molecule has 3 nitrogen and oxygen atoms in total. The molecular weight excluding hydrogens is 262 g/mol. The van der Waals surface area contributed by atoms with Crippen LogP contribution in [0.3, 0.4) is 0 Å². The number of rotatable bonds is 3. The fraction of sp³-hybridized carbons (Fsp3) is 0.611. The number of amides is 1. The summed E-state index contributed by atoms with van der Waals surface area (Å²) in [4.78, 5) is 14.0. The predicted octanol–water partition coefficient (Wildman–Crippen LogP) is 3.29. The van der Waals surface area contributed by atoms with Crippen LogP contribution < -0.4 is 0 Å². The summed E-state index contributed by atoms with van der Waals surface area (Å²) in [5.74, 6) is 0.778. The van der Waals surface area contributed by atoms with Gasteiger partial charge in [-0.25, -0.2) is 0 Å². The van der Waals surface area contributed by atoms with Gasteiger partial charge in [0.05, 0.1) is 12.6 Å². The highest BCUT2D eigenvalue weighted by atomic mass is 16.3. The number of aliphatic hydroxyl groups is 1. The molecule has 1 amide bonds. The van der Waals surface area contributed by atoms with Gasteiger partial charge in [0, 0.05) is 13.0 Å². The topological polar surface area (TPSA) is 40.5 Å². The van der Waals surface area contributed by atoms with Crippen LogP contribution in [0.1, 0.15) is 54.5 Å². The van der Waals surface area contributed by atoms with Crippen molar-refractivity contribution in [3.63, 3.8) is 0 Å². The lowest BCUT2D eigenvalue weighted by molar-refractivity contribution is -0.132. The highest BCUT2D eigenvalue weighted by molar-refractivity contribution is 5.76. The van der Waals surface area contributed by atoms with Crippen LogP contribution in [-0.2, 0) is 4.79 Å². The summed E-state index contributed by atoms with van der Waals surface area (Å²) in [5, 5.41) is 10.6. The zero-order chi connectivity index (χ0) is 15.6.